The normalized spacial score (nSPS) is 11.6. The van der Waals surface area contributed by atoms with E-state index in [4.69, 9.17) is 0 Å². The van der Waals surface area contributed by atoms with Gasteiger partial charge in [0.1, 0.15) is 11.3 Å². The number of rotatable bonds is 4. The average molecular weight is 348 g/mol. The molecule has 3 aromatic rings. The van der Waals surface area contributed by atoms with Gasteiger partial charge in [0.25, 0.3) is 5.56 Å². The van der Waals surface area contributed by atoms with Gasteiger partial charge < -0.3 is 15.0 Å². The first-order valence-electron chi connectivity index (χ1n) is 8.26. The molecule has 0 saturated carbocycles. The van der Waals surface area contributed by atoms with Gasteiger partial charge in [0.05, 0.1) is 5.52 Å². The van der Waals surface area contributed by atoms with Crippen LogP contribution < -0.4 is 10.9 Å². The van der Waals surface area contributed by atoms with Gasteiger partial charge in [-0.1, -0.05) is 30.3 Å². The molecular weight excluding hydrogens is 328 g/mol. The van der Waals surface area contributed by atoms with Crippen molar-refractivity contribution in [3.63, 3.8) is 0 Å². The minimum atomic E-state index is -0.535. The molecule has 1 heterocycles. The summed E-state index contributed by atoms with van der Waals surface area (Å²) in [7, 11) is 1.59. The Morgan fingerprint density at radius 3 is 2.50 bits per heavy atom. The first kappa shape index (κ1) is 17.5. The second-order valence-electron chi connectivity index (χ2n) is 6.24. The maximum atomic E-state index is 12.7. The SMILES string of the molecule is C/C(=C\C(=O)c1c(O)c2ccccc2n(C)c1=O)Nc1ccccc1C. The summed E-state index contributed by atoms with van der Waals surface area (Å²) in [6, 6.07) is 14.6. The quantitative estimate of drug-likeness (QED) is 0.556. The summed E-state index contributed by atoms with van der Waals surface area (Å²) < 4.78 is 1.38. The molecule has 0 bridgehead atoms. The highest BCUT2D eigenvalue weighted by atomic mass is 16.3. The highest BCUT2D eigenvalue weighted by Crippen LogP contribution is 2.26. The van der Waals surface area contributed by atoms with E-state index in [1.54, 1.807) is 38.2 Å². The molecule has 0 unspecified atom stereocenters. The molecule has 0 fully saturated rings. The highest BCUT2D eigenvalue weighted by Gasteiger charge is 2.19. The Kier molecular flexibility index (Phi) is 4.63. The van der Waals surface area contributed by atoms with Crippen LogP contribution in [0.15, 0.2) is 65.1 Å². The van der Waals surface area contributed by atoms with E-state index in [-0.39, 0.29) is 11.3 Å². The Balaban J connectivity index is 2.03. The van der Waals surface area contributed by atoms with Crippen LogP contribution in [0.4, 0.5) is 5.69 Å². The zero-order valence-corrected chi connectivity index (χ0v) is 14.9. The number of para-hydroxylation sites is 2. The number of benzene rings is 2. The average Bonchev–Trinajstić information content (AvgIpc) is 2.62. The number of fused-ring (bicyclic) bond motifs is 1. The number of nitrogens with one attached hydrogen (secondary N) is 1. The molecule has 0 atom stereocenters. The van der Waals surface area contributed by atoms with Crippen molar-refractivity contribution in [1.29, 1.82) is 0 Å². The second-order valence-corrected chi connectivity index (χ2v) is 6.24. The van der Waals surface area contributed by atoms with Crippen LogP contribution in [0.1, 0.15) is 22.8 Å². The summed E-state index contributed by atoms with van der Waals surface area (Å²) in [5.74, 6) is -0.818. The molecule has 0 saturated heterocycles. The molecule has 0 radical (unpaired) electrons. The molecule has 0 aliphatic carbocycles. The van der Waals surface area contributed by atoms with E-state index in [2.05, 4.69) is 5.32 Å². The van der Waals surface area contributed by atoms with Gasteiger partial charge in [0, 0.05) is 29.9 Å². The molecule has 5 heteroatoms. The largest absolute Gasteiger partial charge is 0.506 e. The van der Waals surface area contributed by atoms with Gasteiger partial charge >= 0.3 is 0 Å². The van der Waals surface area contributed by atoms with Gasteiger partial charge in [-0.2, -0.15) is 0 Å². The first-order chi connectivity index (χ1) is 12.4. The number of anilines is 1. The lowest BCUT2D eigenvalue weighted by Gasteiger charge is -2.11. The first-order valence-corrected chi connectivity index (χ1v) is 8.26. The number of pyridine rings is 1. The number of aromatic hydroxyl groups is 1. The van der Waals surface area contributed by atoms with Gasteiger partial charge in [0.2, 0.25) is 0 Å². The molecule has 0 aliphatic heterocycles. The molecular formula is C21H20N2O3. The van der Waals surface area contributed by atoms with Gasteiger partial charge in [-0.3, -0.25) is 9.59 Å². The number of carbonyl (C=O) groups is 1. The van der Waals surface area contributed by atoms with Gasteiger partial charge in [-0.25, -0.2) is 0 Å². The minimum Gasteiger partial charge on any atom is -0.506 e. The number of ketones is 1. The Morgan fingerprint density at radius 2 is 1.77 bits per heavy atom. The van der Waals surface area contributed by atoms with Gasteiger partial charge in [0.15, 0.2) is 5.78 Å². The van der Waals surface area contributed by atoms with E-state index in [0.717, 1.165) is 11.3 Å². The molecule has 0 amide bonds. The van der Waals surface area contributed by atoms with E-state index >= 15 is 0 Å². The minimum absolute atomic E-state index is 0.225. The monoisotopic (exact) mass is 348 g/mol. The Hall–Kier alpha value is -3.34. The number of carbonyl (C=O) groups excluding carboxylic acids is 1. The molecule has 2 N–H and O–H groups in total. The Labute approximate surface area is 151 Å². The van der Waals surface area contributed by atoms with Crippen LogP contribution in [0.2, 0.25) is 0 Å². The van der Waals surface area contributed by atoms with Crippen molar-refractivity contribution in [1.82, 2.24) is 4.57 Å². The summed E-state index contributed by atoms with van der Waals surface area (Å²) in [6.07, 6.45) is 1.33. The summed E-state index contributed by atoms with van der Waals surface area (Å²) in [6.45, 7) is 3.70. The molecule has 5 nitrogen and oxygen atoms in total. The predicted molar refractivity (Wildman–Crippen MR) is 104 cm³/mol. The van der Waals surface area contributed by atoms with Crippen molar-refractivity contribution in [2.24, 2.45) is 7.05 Å². The number of hydrogen-bond acceptors (Lipinski definition) is 4. The maximum Gasteiger partial charge on any atom is 0.265 e. The lowest BCUT2D eigenvalue weighted by atomic mass is 10.1. The fraction of sp³-hybridized carbons (Fsp3) is 0.143. The van der Waals surface area contributed by atoms with Crippen LogP contribution in [0.25, 0.3) is 10.9 Å². The zero-order chi connectivity index (χ0) is 18.8. The third-order valence-electron chi connectivity index (χ3n) is 4.35. The predicted octanol–water partition coefficient (Wildman–Crippen LogP) is 3.75. The second kappa shape index (κ2) is 6.88. The molecule has 26 heavy (non-hydrogen) atoms. The number of aromatic nitrogens is 1. The van der Waals surface area contributed by atoms with Crippen molar-refractivity contribution in [3.8, 4) is 5.75 Å². The summed E-state index contributed by atoms with van der Waals surface area (Å²) in [5, 5.41) is 14.1. The molecule has 2 aromatic carbocycles. The molecule has 0 aliphatic rings. The van der Waals surface area contributed by atoms with Crippen LogP contribution in [-0.4, -0.2) is 15.5 Å². The molecule has 1 aromatic heterocycles. The van der Waals surface area contributed by atoms with Crippen LogP contribution in [0, 0.1) is 6.92 Å². The Morgan fingerprint density at radius 1 is 1.12 bits per heavy atom. The lowest BCUT2D eigenvalue weighted by molar-refractivity contribution is 0.104. The van der Waals surface area contributed by atoms with Crippen molar-refractivity contribution in [3.05, 3.63) is 81.8 Å². The van der Waals surface area contributed by atoms with Crippen LogP contribution in [0.3, 0.4) is 0 Å². The fourth-order valence-electron chi connectivity index (χ4n) is 2.93. The molecule has 3 rings (SSSR count). The van der Waals surface area contributed by atoms with Crippen LogP contribution in [-0.2, 0) is 7.05 Å². The van der Waals surface area contributed by atoms with Crippen molar-refractivity contribution < 1.29 is 9.90 Å². The van der Waals surface area contributed by atoms with Gasteiger partial charge in [-0.15, -0.1) is 0 Å². The zero-order valence-electron chi connectivity index (χ0n) is 14.9. The van der Waals surface area contributed by atoms with E-state index in [9.17, 15) is 14.7 Å². The fourth-order valence-corrected chi connectivity index (χ4v) is 2.93. The van der Waals surface area contributed by atoms with Crippen LogP contribution >= 0.6 is 0 Å². The number of aryl methyl sites for hydroxylation is 2. The van der Waals surface area contributed by atoms with E-state index in [0.29, 0.717) is 16.6 Å². The number of nitrogens with zero attached hydrogens (tertiary/aromatic N) is 1. The smallest absolute Gasteiger partial charge is 0.265 e. The Bertz CT molecular complexity index is 1090. The van der Waals surface area contributed by atoms with E-state index < -0.39 is 11.3 Å². The lowest BCUT2D eigenvalue weighted by Crippen LogP contribution is -2.24. The van der Waals surface area contributed by atoms with Crippen LogP contribution in [0.5, 0.6) is 5.75 Å². The summed E-state index contributed by atoms with van der Waals surface area (Å²) in [4.78, 5) is 25.2. The van der Waals surface area contributed by atoms with Crippen molar-refractivity contribution >= 4 is 22.4 Å². The van der Waals surface area contributed by atoms with Crippen molar-refractivity contribution in [2.45, 2.75) is 13.8 Å². The summed E-state index contributed by atoms with van der Waals surface area (Å²) in [5.41, 5.74) is 2.33. The number of allylic oxidation sites excluding steroid dienone is 2. The highest BCUT2D eigenvalue weighted by molar-refractivity contribution is 6.09. The third-order valence-corrected chi connectivity index (χ3v) is 4.35. The van der Waals surface area contributed by atoms with E-state index in [1.807, 2.05) is 31.2 Å². The summed E-state index contributed by atoms with van der Waals surface area (Å²) >= 11 is 0. The van der Waals surface area contributed by atoms with E-state index in [1.165, 1.54) is 10.6 Å². The topological polar surface area (TPSA) is 71.3 Å². The molecule has 0 spiro atoms. The number of hydrogen-bond donors (Lipinski definition) is 2. The molecule has 132 valence electrons. The maximum absolute atomic E-state index is 12.7. The third kappa shape index (κ3) is 3.11. The standard InChI is InChI=1S/C21H20N2O3/c1-13-8-4-6-10-16(13)22-14(2)12-18(24)19-20(25)15-9-5-7-11-17(15)23(3)21(19)26/h4-12,22,25H,1-3H3/b14-12+. The van der Waals surface area contributed by atoms with Crippen molar-refractivity contribution in [2.75, 3.05) is 5.32 Å². The van der Waals surface area contributed by atoms with Gasteiger partial charge in [-0.05, 0) is 37.6 Å².